The molecule has 2 N–H and O–H groups in total. The van der Waals surface area contributed by atoms with E-state index in [1.54, 1.807) is 48.5 Å². The Kier molecular flexibility index (Phi) is 5.94. The van der Waals surface area contributed by atoms with Crippen molar-refractivity contribution in [3.63, 3.8) is 0 Å². The molecule has 4 rings (SSSR count). The highest BCUT2D eigenvalue weighted by molar-refractivity contribution is 6.05. The SMILES string of the molecule is COc1ccccc1N=Nc1c(O)ccc2ccc(O)c(N=Nc3ccccc3OC)c12. The average Bonchev–Trinajstić information content (AvgIpc) is 2.83. The first-order chi connectivity index (χ1) is 15.6. The molecule has 0 aromatic heterocycles. The van der Waals surface area contributed by atoms with E-state index >= 15 is 0 Å². The van der Waals surface area contributed by atoms with Gasteiger partial charge in [-0.25, -0.2) is 0 Å². The van der Waals surface area contributed by atoms with E-state index in [-0.39, 0.29) is 22.9 Å². The van der Waals surface area contributed by atoms with Crippen LogP contribution in [0.1, 0.15) is 0 Å². The molecule has 0 heterocycles. The van der Waals surface area contributed by atoms with E-state index in [1.165, 1.54) is 26.4 Å². The van der Waals surface area contributed by atoms with Gasteiger partial charge in [0.15, 0.2) is 0 Å². The molecule has 0 amide bonds. The van der Waals surface area contributed by atoms with Crippen molar-refractivity contribution in [2.75, 3.05) is 14.2 Å². The molecular weight excluding hydrogens is 408 g/mol. The molecule has 0 aliphatic carbocycles. The summed E-state index contributed by atoms with van der Waals surface area (Å²) in [4.78, 5) is 0. The van der Waals surface area contributed by atoms with Crippen LogP contribution in [-0.2, 0) is 0 Å². The van der Waals surface area contributed by atoms with Gasteiger partial charge in [0.05, 0.1) is 14.2 Å². The lowest BCUT2D eigenvalue weighted by molar-refractivity contribution is 0.415. The summed E-state index contributed by atoms with van der Waals surface area (Å²) in [6.45, 7) is 0. The van der Waals surface area contributed by atoms with Gasteiger partial charge >= 0.3 is 0 Å². The Balaban J connectivity index is 1.87. The topological polar surface area (TPSA) is 108 Å². The lowest BCUT2D eigenvalue weighted by atomic mass is 10.1. The molecule has 0 spiro atoms. The number of nitrogens with zero attached hydrogens (tertiary/aromatic N) is 4. The predicted molar refractivity (Wildman–Crippen MR) is 122 cm³/mol. The number of azo groups is 2. The number of rotatable bonds is 6. The summed E-state index contributed by atoms with van der Waals surface area (Å²) >= 11 is 0. The van der Waals surface area contributed by atoms with Crippen molar-refractivity contribution in [3.05, 3.63) is 72.8 Å². The molecular formula is C24H20N4O4. The van der Waals surface area contributed by atoms with Gasteiger partial charge in [0.1, 0.15) is 45.7 Å². The van der Waals surface area contributed by atoms with Crippen molar-refractivity contribution in [1.29, 1.82) is 0 Å². The fourth-order valence-corrected chi connectivity index (χ4v) is 3.19. The third-order valence-corrected chi connectivity index (χ3v) is 4.77. The highest BCUT2D eigenvalue weighted by Crippen LogP contribution is 2.46. The maximum Gasteiger partial charge on any atom is 0.146 e. The molecule has 0 bridgehead atoms. The van der Waals surface area contributed by atoms with Gasteiger partial charge < -0.3 is 19.7 Å². The van der Waals surface area contributed by atoms with E-state index in [9.17, 15) is 10.2 Å². The van der Waals surface area contributed by atoms with Crippen molar-refractivity contribution in [3.8, 4) is 23.0 Å². The fourth-order valence-electron chi connectivity index (χ4n) is 3.19. The number of fused-ring (bicyclic) bond motifs is 1. The van der Waals surface area contributed by atoms with Gasteiger partial charge in [0.2, 0.25) is 0 Å². The number of phenols is 2. The second kappa shape index (κ2) is 9.13. The molecule has 0 unspecified atom stereocenters. The van der Waals surface area contributed by atoms with Crippen molar-refractivity contribution in [1.82, 2.24) is 0 Å². The molecule has 8 nitrogen and oxygen atoms in total. The third-order valence-electron chi connectivity index (χ3n) is 4.77. The largest absolute Gasteiger partial charge is 0.506 e. The van der Waals surface area contributed by atoms with Gasteiger partial charge in [-0.3, -0.25) is 0 Å². The summed E-state index contributed by atoms with van der Waals surface area (Å²) < 4.78 is 10.6. The molecule has 0 radical (unpaired) electrons. The van der Waals surface area contributed by atoms with E-state index < -0.39 is 0 Å². The van der Waals surface area contributed by atoms with Crippen molar-refractivity contribution in [2.24, 2.45) is 20.5 Å². The normalized spacial score (nSPS) is 11.4. The van der Waals surface area contributed by atoms with Crippen LogP contribution in [0.5, 0.6) is 23.0 Å². The van der Waals surface area contributed by atoms with Crippen LogP contribution in [0, 0.1) is 0 Å². The molecule has 4 aromatic rings. The summed E-state index contributed by atoms with van der Waals surface area (Å²) in [7, 11) is 3.08. The van der Waals surface area contributed by atoms with E-state index in [0.717, 1.165) is 0 Å². The van der Waals surface area contributed by atoms with Crippen LogP contribution in [0.15, 0.2) is 93.3 Å². The highest BCUT2D eigenvalue weighted by Gasteiger charge is 2.15. The standard InChI is InChI=1S/C24H20N4O4/c1-31-20-9-5-3-7-16(20)25-27-23-18(29)13-11-15-12-14-19(30)24(22(15)23)28-26-17-8-4-6-10-21(17)32-2/h3-14,29-30H,1-2H3. The van der Waals surface area contributed by atoms with Gasteiger partial charge in [-0.2, -0.15) is 0 Å². The quantitative estimate of drug-likeness (QED) is 0.319. The number of hydrogen-bond acceptors (Lipinski definition) is 8. The molecule has 0 saturated heterocycles. The number of methoxy groups -OCH3 is 2. The van der Waals surface area contributed by atoms with E-state index in [1.807, 2.05) is 12.1 Å². The number of hydrogen-bond donors (Lipinski definition) is 2. The first kappa shape index (κ1) is 20.8. The molecule has 0 fully saturated rings. The van der Waals surface area contributed by atoms with Crippen LogP contribution in [0.3, 0.4) is 0 Å². The summed E-state index contributed by atoms with van der Waals surface area (Å²) in [5, 5.41) is 39.2. The number of ether oxygens (including phenoxy) is 2. The number of para-hydroxylation sites is 2. The Bertz CT molecular complexity index is 1240. The van der Waals surface area contributed by atoms with Gasteiger partial charge in [0.25, 0.3) is 0 Å². The number of phenolic OH excluding ortho intramolecular Hbond substituents is 2. The first-order valence-corrected chi connectivity index (χ1v) is 9.69. The minimum absolute atomic E-state index is 0.115. The van der Waals surface area contributed by atoms with Crippen LogP contribution in [-0.4, -0.2) is 24.4 Å². The molecule has 32 heavy (non-hydrogen) atoms. The smallest absolute Gasteiger partial charge is 0.146 e. The van der Waals surface area contributed by atoms with Gasteiger partial charge in [-0.1, -0.05) is 36.4 Å². The lowest BCUT2D eigenvalue weighted by Gasteiger charge is -2.09. The first-order valence-electron chi connectivity index (χ1n) is 9.69. The minimum Gasteiger partial charge on any atom is -0.506 e. The zero-order valence-electron chi connectivity index (χ0n) is 17.4. The Morgan fingerprint density at radius 3 is 1.44 bits per heavy atom. The monoisotopic (exact) mass is 428 g/mol. The molecule has 0 aliphatic rings. The summed E-state index contributed by atoms with van der Waals surface area (Å²) in [5.41, 5.74) is 1.28. The summed E-state index contributed by atoms with van der Waals surface area (Å²) in [6.07, 6.45) is 0. The number of aromatic hydroxyl groups is 2. The molecule has 0 atom stereocenters. The van der Waals surface area contributed by atoms with Gasteiger partial charge in [-0.15, -0.1) is 20.5 Å². The number of benzene rings is 4. The minimum atomic E-state index is -0.115. The van der Waals surface area contributed by atoms with Crippen molar-refractivity contribution in [2.45, 2.75) is 0 Å². The maximum absolute atomic E-state index is 10.5. The second-order valence-electron chi connectivity index (χ2n) is 6.71. The van der Waals surface area contributed by atoms with Crippen LogP contribution in [0.2, 0.25) is 0 Å². The van der Waals surface area contributed by atoms with Crippen LogP contribution in [0.4, 0.5) is 22.7 Å². The van der Waals surface area contributed by atoms with Crippen LogP contribution in [0.25, 0.3) is 10.8 Å². The lowest BCUT2D eigenvalue weighted by Crippen LogP contribution is -1.82. The maximum atomic E-state index is 10.5. The molecule has 160 valence electrons. The second-order valence-corrected chi connectivity index (χ2v) is 6.71. The summed E-state index contributed by atoms with van der Waals surface area (Å²) in [6, 6.07) is 20.7. The molecule has 0 aliphatic heterocycles. The zero-order valence-corrected chi connectivity index (χ0v) is 17.4. The van der Waals surface area contributed by atoms with E-state index in [4.69, 9.17) is 9.47 Å². The van der Waals surface area contributed by atoms with Crippen LogP contribution >= 0.6 is 0 Å². The predicted octanol–water partition coefficient (Wildman–Crippen LogP) is 7.10. The molecule has 0 saturated carbocycles. The van der Waals surface area contributed by atoms with Gasteiger partial charge in [-0.05, 0) is 41.8 Å². The molecule has 4 aromatic carbocycles. The van der Waals surface area contributed by atoms with Crippen LogP contribution < -0.4 is 9.47 Å². The Morgan fingerprint density at radius 2 is 1.00 bits per heavy atom. The zero-order chi connectivity index (χ0) is 22.5. The highest BCUT2D eigenvalue weighted by atomic mass is 16.5. The Labute approximate surface area is 184 Å². The molecule has 8 heteroatoms. The fraction of sp³-hybridized carbons (Fsp3) is 0.0833. The van der Waals surface area contributed by atoms with Crippen molar-refractivity contribution >= 4 is 33.5 Å². The third kappa shape index (κ3) is 4.06. The van der Waals surface area contributed by atoms with E-state index in [2.05, 4.69) is 20.5 Å². The Hall–Kier alpha value is -4.46. The Morgan fingerprint density at radius 1 is 0.562 bits per heavy atom. The van der Waals surface area contributed by atoms with Crippen molar-refractivity contribution < 1.29 is 19.7 Å². The van der Waals surface area contributed by atoms with E-state index in [0.29, 0.717) is 33.6 Å². The summed E-state index contributed by atoms with van der Waals surface area (Å²) in [5.74, 6) is 0.843. The average molecular weight is 428 g/mol. The van der Waals surface area contributed by atoms with Gasteiger partial charge in [0, 0.05) is 5.39 Å².